The number of hydrogen-bond donors (Lipinski definition) is 2. The zero-order chi connectivity index (χ0) is 16.2. The third kappa shape index (κ3) is 7.34. The van der Waals surface area contributed by atoms with E-state index in [1.807, 2.05) is 66.7 Å². The molecule has 5 rings (SSSR count). The van der Waals surface area contributed by atoms with E-state index in [9.17, 15) is 0 Å². The Bertz CT molecular complexity index is 1020. The van der Waals surface area contributed by atoms with Crippen molar-refractivity contribution in [2.75, 3.05) is 0 Å². The number of benzene rings is 3. The Balaban J connectivity index is 0. The van der Waals surface area contributed by atoms with Crippen LogP contribution in [0.4, 0.5) is 0 Å². The average molecular weight is 501 g/mol. The molecule has 0 unspecified atom stereocenters. The number of aromatic amines is 2. The van der Waals surface area contributed by atoms with Crippen LogP contribution in [-0.2, 0) is 21.7 Å². The first-order valence-electron chi connectivity index (χ1n) is 7.71. The van der Waals surface area contributed by atoms with Gasteiger partial charge in [-0.1, -0.05) is 65.6 Å². The summed E-state index contributed by atoms with van der Waals surface area (Å²) in [6, 6.07) is 26.0. The second-order valence-corrected chi connectivity index (χ2v) is 5.33. The molecule has 2 heterocycles. The van der Waals surface area contributed by atoms with Gasteiger partial charge in [0, 0.05) is 5.56 Å². The van der Waals surface area contributed by atoms with Crippen molar-refractivity contribution in [2.45, 2.75) is 0 Å². The molecule has 0 aliphatic heterocycles. The van der Waals surface area contributed by atoms with Crippen LogP contribution in [0.3, 0.4) is 0 Å². The van der Waals surface area contributed by atoms with Gasteiger partial charge in [-0.3, -0.25) is 0 Å². The fourth-order valence-electron chi connectivity index (χ4n) is 2.51. The van der Waals surface area contributed by atoms with Crippen molar-refractivity contribution in [3.05, 3.63) is 85.2 Å². The molecule has 29 heavy (non-hydrogen) atoms. The second-order valence-electron chi connectivity index (χ2n) is 5.33. The molecule has 0 radical (unpaired) electrons. The molecule has 0 saturated heterocycles. The van der Waals surface area contributed by atoms with Gasteiger partial charge < -0.3 is 64.6 Å². The first-order chi connectivity index (χ1) is 11.9. The average Bonchev–Trinajstić information content (AvgIpc) is 3.29. The van der Waals surface area contributed by atoms with Gasteiger partial charge in [-0.15, -0.1) is 12.1 Å². The minimum atomic E-state index is 0. The number of aromatic nitrogens is 4. The van der Waals surface area contributed by atoms with Gasteiger partial charge in [0.05, 0.1) is 11.0 Å². The summed E-state index contributed by atoms with van der Waals surface area (Å²) in [6.07, 6.45) is 2.66. The maximum absolute atomic E-state index is 4.53. The molecule has 0 saturated carbocycles. The Labute approximate surface area is 208 Å². The predicted octanol–water partition coefficient (Wildman–Crippen LogP) is -7.39. The van der Waals surface area contributed by atoms with E-state index < -0.39 is 0 Å². The number of para-hydroxylation sites is 4. The van der Waals surface area contributed by atoms with Crippen LogP contribution < -0.4 is 49.6 Å². The normalized spacial score (nSPS) is 8.69. The van der Waals surface area contributed by atoms with E-state index in [1.165, 1.54) is 0 Å². The second kappa shape index (κ2) is 14.5. The van der Waals surface area contributed by atoms with Crippen molar-refractivity contribution < 1.29 is 71.3 Å². The molecular formula is C20H15Cl4N4Ti-. The zero-order valence-corrected chi connectivity index (χ0v) is 19.5. The summed E-state index contributed by atoms with van der Waals surface area (Å²) in [5.74, 6) is 0.928. The van der Waals surface area contributed by atoms with E-state index in [-0.39, 0.29) is 71.3 Å². The monoisotopic (exact) mass is 499 g/mol. The Morgan fingerprint density at radius 2 is 1.17 bits per heavy atom. The van der Waals surface area contributed by atoms with E-state index >= 15 is 0 Å². The first kappa shape index (κ1) is 29.7. The molecule has 5 aromatic rings. The maximum atomic E-state index is 4.53. The molecule has 2 aromatic heterocycles. The van der Waals surface area contributed by atoms with Crippen LogP contribution in [0.2, 0.25) is 0 Å². The Morgan fingerprint density at radius 3 is 1.79 bits per heavy atom. The minimum Gasteiger partial charge on any atom is -1.00 e. The van der Waals surface area contributed by atoms with Crippen LogP contribution >= 0.6 is 0 Å². The summed E-state index contributed by atoms with van der Waals surface area (Å²) < 4.78 is 0. The smallest absolute Gasteiger partial charge is 1.00 e. The van der Waals surface area contributed by atoms with Gasteiger partial charge in [-0.2, -0.15) is 0 Å². The molecule has 0 fully saturated rings. The van der Waals surface area contributed by atoms with Crippen LogP contribution in [-0.4, -0.2) is 19.9 Å². The fourth-order valence-corrected chi connectivity index (χ4v) is 2.51. The van der Waals surface area contributed by atoms with E-state index in [4.69, 9.17) is 0 Å². The van der Waals surface area contributed by atoms with Crippen LogP contribution in [0.25, 0.3) is 33.5 Å². The van der Waals surface area contributed by atoms with E-state index in [1.54, 1.807) is 0 Å². The van der Waals surface area contributed by atoms with Crippen LogP contribution in [0.15, 0.2) is 78.9 Å². The molecule has 0 spiro atoms. The molecule has 3 aromatic carbocycles. The third-order valence-electron chi connectivity index (χ3n) is 3.71. The van der Waals surface area contributed by atoms with Crippen LogP contribution in [0.5, 0.6) is 0 Å². The van der Waals surface area contributed by atoms with Crippen molar-refractivity contribution in [1.29, 1.82) is 0 Å². The summed E-state index contributed by atoms with van der Waals surface area (Å²) in [6.45, 7) is 0. The molecule has 9 heteroatoms. The van der Waals surface area contributed by atoms with Crippen molar-refractivity contribution in [3.63, 3.8) is 0 Å². The van der Waals surface area contributed by atoms with Gasteiger partial charge in [0.15, 0.2) is 0 Å². The third-order valence-corrected chi connectivity index (χ3v) is 3.71. The number of rotatable bonds is 1. The molecule has 4 nitrogen and oxygen atoms in total. The number of halogens is 4. The first-order valence-corrected chi connectivity index (χ1v) is 7.71. The van der Waals surface area contributed by atoms with Gasteiger partial charge in [-0.25, -0.2) is 4.98 Å². The van der Waals surface area contributed by atoms with Gasteiger partial charge in [0.1, 0.15) is 5.82 Å². The largest absolute Gasteiger partial charge is 4.00 e. The van der Waals surface area contributed by atoms with Gasteiger partial charge in [0.25, 0.3) is 0 Å². The molecule has 2 N–H and O–H groups in total. The standard InChI is InChI=1S/C13H10N2.C7H5N2.4ClH.Ti/c1-2-6-10(7-3-1)13-14-11-8-4-5-9-12(11)15-13;1-2-4-7-6(3-1)8-5-9-7;;;;;/h1-9H,(H,14,15);1-4H,(H,8,9);4*1H;/q;-1;;;;;+4/p-4. The number of nitrogens with one attached hydrogen (secondary N) is 2. The predicted molar refractivity (Wildman–Crippen MR) is 96.5 cm³/mol. The Kier molecular flexibility index (Phi) is 14.8. The van der Waals surface area contributed by atoms with Crippen LogP contribution in [0, 0.1) is 6.33 Å². The van der Waals surface area contributed by atoms with E-state index in [2.05, 4.69) is 38.4 Å². The summed E-state index contributed by atoms with van der Waals surface area (Å²) in [4.78, 5) is 14.6. The van der Waals surface area contributed by atoms with Crippen LogP contribution in [0.1, 0.15) is 0 Å². The van der Waals surface area contributed by atoms with Gasteiger partial charge in [-0.05, 0) is 18.5 Å². The number of nitrogens with zero attached hydrogens (tertiary/aromatic N) is 2. The van der Waals surface area contributed by atoms with Crippen molar-refractivity contribution >= 4 is 22.1 Å². The van der Waals surface area contributed by atoms with Gasteiger partial charge in [0.2, 0.25) is 0 Å². The number of H-pyrrole nitrogens is 2. The number of fused-ring (bicyclic) bond motifs is 2. The van der Waals surface area contributed by atoms with E-state index in [0.29, 0.717) is 0 Å². The molecule has 0 amide bonds. The van der Waals surface area contributed by atoms with Crippen molar-refractivity contribution in [2.24, 2.45) is 0 Å². The van der Waals surface area contributed by atoms with Crippen molar-refractivity contribution in [1.82, 2.24) is 19.9 Å². The Morgan fingerprint density at radius 1 is 0.621 bits per heavy atom. The molecule has 0 aliphatic rings. The topological polar surface area (TPSA) is 57.4 Å². The maximum Gasteiger partial charge on any atom is 4.00 e. The Hall–Kier alpha value is -1.53. The molecule has 148 valence electrons. The quantitative estimate of drug-likeness (QED) is 0.177. The molecule has 0 aliphatic carbocycles. The summed E-state index contributed by atoms with van der Waals surface area (Å²) >= 11 is 0. The summed E-state index contributed by atoms with van der Waals surface area (Å²) in [5, 5.41) is 0. The SMILES string of the molecule is [Cl-].[Cl-].[Cl-].[Cl-].[Ti+4].[c-]1nc2ccccc2[nH]1.c1ccc(-c2nc3ccccc3[nH]2)cc1. The van der Waals surface area contributed by atoms with Crippen molar-refractivity contribution in [3.8, 4) is 11.4 Å². The number of hydrogen-bond acceptors (Lipinski definition) is 2. The molecule has 0 atom stereocenters. The zero-order valence-electron chi connectivity index (χ0n) is 14.9. The van der Waals surface area contributed by atoms with Gasteiger partial charge >= 0.3 is 21.7 Å². The molecular weight excluding hydrogens is 486 g/mol. The summed E-state index contributed by atoms with van der Waals surface area (Å²) in [5.41, 5.74) is 5.22. The molecule has 0 bridgehead atoms. The summed E-state index contributed by atoms with van der Waals surface area (Å²) in [7, 11) is 0. The minimum absolute atomic E-state index is 0. The number of imidazole rings is 2. The van der Waals surface area contributed by atoms with E-state index in [0.717, 1.165) is 33.5 Å². The fraction of sp³-hybridized carbons (Fsp3) is 0.